The van der Waals surface area contributed by atoms with Crippen LogP contribution < -0.4 is 9.47 Å². The predicted molar refractivity (Wildman–Crippen MR) is 62.9 cm³/mol. The Kier molecular flexibility index (Phi) is 3.15. The SMILES string of the molecule is COc1cc(OC)c(C2(C(=O)O)CC2)cc1CF. The monoisotopic (exact) mass is 254 g/mol. The second-order valence-electron chi connectivity index (χ2n) is 4.39. The number of ether oxygens (including phenoxy) is 2. The fraction of sp³-hybridized carbons (Fsp3) is 0.462. The summed E-state index contributed by atoms with van der Waals surface area (Å²) >= 11 is 0. The number of hydrogen-bond acceptors (Lipinski definition) is 3. The highest BCUT2D eigenvalue weighted by Gasteiger charge is 2.53. The number of alkyl halides is 1. The van der Waals surface area contributed by atoms with Crippen LogP contribution in [0.5, 0.6) is 11.5 Å². The molecule has 0 spiro atoms. The lowest BCUT2D eigenvalue weighted by molar-refractivity contribution is -0.140. The Hall–Kier alpha value is -1.78. The molecule has 1 aromatic carbocycles. The number of hydrogen-bond donors (Lipinski definition) is 1. The van der Waals surface area contributed by atoms with Crippen LogP contribution in [0.1, 0.15) is 24.0 Å². The van der Waals surface area contributed by atoms with Crippen molar-refractivity contribution < 1.29 is 23.8 Å². The van der Waals surface area contributed by atoms with Gasteiger partial charge in [0, 0.05) is 17.2 Å². The summed E-state index contributed by atoms with van der Waals surface area (Å²) in [5.74, 6) is -0.0842. The van der Waals surface area contributed by atoms with Crippen molar-refractivity contribution in [2.75, 3.05) is 14.2 Å². The van der Waals surface area contributed by atoms with Gasteiger partial charge in [-0.1, -0.05) is 0 Å². The zero-order valence-electron chi connectivity index (χ0n) is 10.3. The summed E-state index contributed by atoms with van der Waals surface area (Å²) in [7, 11) is 2.91. The third-order valence-corrected chi connectivity index (χ3v) is 3.42. The molecule has 0 atom stereocenters. The molecule has 0 aromatic heterocycles. The molecule has 0 bridgehead atoms. The van der Waals surface area contributed by atoms with Crippen LogP contribution in [0.2, 0.25) is 0 Å². The van der Waals surface area contributed by atoms with Crippen molar-refractivity contribution in [3.05, 3.63) is 23.3 Å². The minimum Gasteiger partial charge on any atom is -0.496 e. The summed E-state index contributed by atoms with van der Waals surface area (Å²) in [6, 6.07) is 3.09. The summed E-state index contributed by atoms with van der Waals surface area (Å²) in [5, 5.41) is 9.29. The van der Waals surface area contributed by atoms with Crippen LogP contribution in [0.15, 0.2) is 12.1 Å². The molecule has 0 unspecified atom stereocenters. The van der Waals surface area contributed by atoms with Crippen LogP contribution in [-0.2, 0) is 16.9 Å². The summed E-state index contributed by atoms with van der Waals surface area (Å²) in [6.45, 7) is -0.699. The smallest absolute Gasteiger partial charge is 0.314 e. The van der Waals surface area contributed by atoms with Gasteiger partial charge in [-0.25, -0.2) is 4.39 Å². The molecule has 5 heteroatoms. The van der Waals surface area contributed by atoms with E-state index in [0.29, 0.717) is 35.5 Å². The van der Waals surface area contributed by atoms with Gasteiger partial charge in [-0.05, 0) is 18.9 Å². The summed E-state index contributed by atoms with van der Waals surface area (Å²) in [4.78, 5) is 11.3. The first-order valence-corrected chi connectivity index (χ1v) is 5.64. The van der Waals surface area contributed by atoms with Gasteiger partial charge in [0.25, 0.3) is 0 Å². The van der Waals surface area contributed by atoms with Gasteiger partial charge < -0.3 is 14.6 Å². The lowest BCUT2D eigenvalue weighted by Crippen LogP contribution is -2.20. The Balaban J connectivity index is 2.56. The minimum atomic E-state index is -0.915. The zero-order valence-corrected chi connectivity index (χ0v) is 10.3. The molecule has 18 heavy (non-hydrogen) atoms. The van der Waals surface area contributed by atoms with Crippen LogP contribution in [-0.4, -0.2) is 25.3 Å². The largest absolute Gasteiger partial charge is 0.496 e. The van der Waals surface area contributed by atoms with Gasteiger partial charge in [0.15, 0.2) is 0 Å². The average molecular weight is 254 g/mol. The van der Waals surface area contributed by atoms with E-state index in [1.807, 2.05) is 0 Å². The van der Waals surface area contributed by atoms with Gasteiger partial charge in [-0.15, -0.1) is 0 Å². The maximum Gasteiger partial charge on any atom is 0.314 e. The van der Waals surface area contributed by atoms with Crippen LogP contribution in [0, 0.1) is 0 Å². The minimum absolute atomic E-state index is 0.348. The van der Waals surface area contributed by atoms with E-state index in [1.165, 1.54) is 14.2 Å². The molecule has 1 fully saturated rings. The Bertz CT molecular complexity index is 480. The highest BCUT2D eigenvalue weighted by Crippen LogP contribution is 2.52. The third kappa shape index (κ3) is 1.79. The maximum atomic E-state index is 12.9. The van der Waals surface area contributed by atoms with Gasteiger partial charge in [-0.2, -0.15) is 0 Å². The van der Waals surface area contributed by atoms with E-state index < -0.39 is 18.1 Å². The molecule has 0 heterocycles. The van der Waals surface area contributed by atoms with Crippen molar-refractivity contribution in [3.63, 3.8) is 0 Å². The van der Waals surface area contributed by atoms with E-state index in [9.17, 15) is 14.3 Å². The second-order valence-corrected chi connectivity index (χ2v) is 4.39. The lowest BCUT2D eigenvalue weighted by Gasteiger charge is -2.17. The van der Waals surface area contributed by atoms with E-state index >= 15 is 0 Å². The molecular weight excluding hydrogens is 239 g/mol. The highest BCUT2D eigenvalue weighted by molar-refractivity contribution is 5.86. The Morgan fingerprint density at radius 2 is 1.94 bits per heavy atom. The number of aliphatic carboxylic acids is 1. The maximum absolute atomic E-state index is 12.9. The molecule has 1 aliphatic carbocycles. The Morgan fingerprint density at radius 3 is 2.33 bits per heavy atom. The van der Waals surface area contributed by atoms with Crippen molar-refractivity contribution in [3.8, 4) is 11.5 Å². The topological polar surface area (TPSA) is 55.8 Å². The average Bonchev–Trinajstić information content (AvgIpc) is 3.18. The highest BCUT2D eigenvalue weighted by atomic mass is 19.1. The van der Waals surface area contributed by atoms with E-state index in [-0.39, 0.29) is 0 Å². The number of methoxy groups -OCH3 is 2. The fourth-order valence-electron chi connectivity index (χ4n) is 2.17. The first-order chi connectivity index (χ1) is 8.58. The molecule has 0 saturated heterocycles. The van der Waals surface area contributed by atoms with Crippen molar-refractivity contribution in [1.82, 2.24) is 0 Å². The molecule has 2 rings (SSSR count). The number of halogens is 1. The van der Waals surface area contributed by atoms with Crippen LogP contribution in [0.25, 0.3) is 0 Å². The molecule has 1 N–H and O–H groups in total. The van der Waals surface area contributed by atoms with Crippen molar-refractivity contribution >= 4 is 5.97 Å². The summed E-state index contributed by atoms with van der Waals surface area (Å²) in [5.41, 5.74) is -0.0339. The lowest BCUT2D eigenvalue weighted by atomic mass is 9.93. The van der Waals surface area contributed by atoms with Gasteiger partial charge in [0.1, 0.15) is 18.2 Å². The number of carboxylic acids is 1. The number of benzene rings is 1. The van der Waals surface area contributed by atoms with Crippen LogP contribution in [0.4, 0.5) is 4.39 Å². The Labute approximate surface area is 104 Å². The summed E-state index contributed by atoms with van der Waals surface area (Å²) < 4.78 is 23.2. The fourth-order valence-corrected chi connectivity index (χ4v) is 2.17. The van der Waals surface area contributed by atoms with Gasteiger partial charge in [0.2, 0.25) is 0 Å². The molecule has 1 aliphatic rings. The Morgan fingerprint density at radius 1 is 1.33 bits per heavy atom. The first-order valence-electron chi connectivity index (χ1n) is 5.64. The number of carboxylic acid groups (broad SMARTS) is 1. The molecule has 0 aliphatic heterocycles. The van der Waals surface area contributed by atoms with Crippen molar-refractivity contribution in [2.45, 2.75) is 24.9 Å². The molecule has 4 nitrogen and oxygen atoms in total. The number of rotatable bonds is 5. The van der Waals surface area contributed by atoms with E-state index in [4.69, 9.17) is 9.47 Å². The quantitative estimate of drug-likeness (QED) is 0.875. The number of carbonyl (C=O) groups is 1. The second kappa shape index (κ2) is 4.48. The van der Waals surface area contributed by atoms with E-state index in [0.717, 1.165) is 0 Å². The molecule has 0 radical (unpaired) electrons. The molecule has 0 amide bonds. The van der Waals surface area contributed by atoms with Crippen molar-refractivity contribution in [2.24, 2.45) is 0 Å². The van der Waals surface area contributed by atoms with Crippen LogP contribution >= 0.6 is 0 Å². The molecule has 98 valence electrons. The van der Waals surface area contributed by atoms with Gasteiger partial charge >= 0.3 is 5.97 Å². The standard InChI is InChI=1S/C13H15FO4/c1-17-10-6-11(18-2)9(5-8(10)7-14)13(3-4-13)12(15)16/h5-6H,3-4,7H2,1-2H3,(H,15,16). The molecule has 1 aromatic rings. The molecular formula is C13H15FO4. The van der Waals surface area contributed by atoms with Crippen molar-refractivity contribution in [1.29, 1.82) is 0 Å². The normalized spacial score (nSPS) is 16.2. The van der Waals surface area contributed by atoms with Gasteiger partial charge in [0.05, 0.1) is 19.6 Å². The van der Waals surface area contributed by atoms with E-state index in [2.05, 4.69) is 0 Å². The van der Waals surface area contributed by atoms with E-state index in [1.54, 1.807) is 12.1 Å². The van der Waals surface area contributed by atoms with Crippen LogP contribution in [0.3, 0.4) is 0 Å². The van der Waals surface area contributed by atoms with Gasteiger partial charge in [-0.3, -0.25) is 4.79 Å². The third-order valence-electron chi connectivity index (χ3n) is 3.42. The first kappa shape index (κ1) is 12.7. The predicted octanol–water partition coefficient (Wildman–Crippen LogP) is 2.29. The molecule has 1 saturated carbocycles. The summed E-state index contributed by atoms with van der Waals surface area (Å²) in [6.07, 6.45) is 1.10. The zero-order chi connectivity index (χ0) is 13.3.